The maximum atomic E-state index is 12.6. The largest absolute Gasteiger partial charge is 0.481 e. The number of ether oxygens (including phenoxy) is 1. The van der Waals surface area contributed by atoms with E-state index in [1.807, 2.05) is 0 Å². The van der Waals surface area contributed by atoms with E-state index >= 15 is 0 Å². The molecule has 0 radical (unpaired) electrons. The van der Waals surface area contributed by atoms with Crippen molar-refractivity contribution in [1.29, 1.82) is 0 Å². The van der Waals surface area contributed by atoms with Gasteiger partial charge in [0.05, 0.1) is 24.8 Å². The minimum atomic E-state index is -4.57. The smallest absolute Gasteiger partial charge is 0.433 e. The van der Waals surface area contributed by atoms with E-state index in [-0.39, 0.29) is 17.9 Å². The number of nitrogens with zero attached hydrogens (tertiary/aromatic N) is 2. The number of carbonyl (C=O) groups is 1. The second-order valence-corrected chi connectivity index (χ2v) is 4.82. The molecule has 0 aliphatic carbocycles. The summed E-state index contributed by atoms with van der Waals surface area (Å²) in [5.74, 6) is -1.24. The molecule has 9 heteroatoms. The molecule has 0 saturated heterocycles. The quantitative estimate of drug-likeness (QED) is 0.938. The molecule has 0 spiro atoms. The Balaban J connectivity index is 2.39. The molecule has 21 heavy (non-hydrogen) atoms. The van der Waals surface area contributed by atoms with Gasteiger partial charge >= 0.3 is 12.1 Å². The first-order valence-corrected chi connectivity index (χ1v) is 6.48. The lowest BCUT2D eigenvalue weighted by Crippen LogP contribution is -2.09. The number of rotatable bonds is 4. The third-order valence-corrected chi connectivity index (χ3v) is 3.38. The van der Waals surface area contributed by atoms with Crippen LogP contribution in [-0.4, -0.2) is 28.2 Å². The van der Waals surface area contributed by atoms with Gasteiger partial charge in [-0.15, -0.1) is 11.3 Å². The van der Waals surface area contributed by atoms with Gasteiger partial charge in [-0.1, -0.05) is 0 Å². The minimum Gasteiger partial charge on any atom is -0.481 e. The third kappa shape index (κ3) is 3.48. The van der Waals surface area contributed by atoms with Crippen molar-refractivity contribution in [3.63, 3.8) is 0 Å². The molecule has 1 N–H and O–H groups in total. The average molecular weight is 318 g/mol. The summed E-state index contributed by atoms with van der Waals surface area (Å²) in [6, 6.07) is 2.04. The molecule has 0 saturated carbocycles. The second-order valence-electron chi connectivity index (χ2n) is 3.97. The zero-order valence-electron chi connectivity index (χ0n) is 10.6. The van der Waals surface area contributed by atoms with Gasteiger partial charge in [-0.2, -0.15) is 13.2 Å². The van der Waals surface area contributed by atoms with Crippen molar-refractivity contribution in [2.24, 2.45) is 0 Å². The highest BCUT2D eigenvalue weighted by atomic mass is 32.1. The fourth-order valence-electron chi connectivity index (χ4n) is 1.58. The molecule has 5 nitrogen and oxygen atoms in total. The summed E-state index contributed by atoms with van der Waals surface area (Å²) in [4.78, 5) is 18.1. The molecule has 2 heterocycles. The van der Waals surface area contributed by atoms with Gasteiger partial charge in [-0.25, -0.2) is 9.97 Å². The molecular weight excluding hydrogens is 309 g/mol. The summed E-state index contributed by atoms with van der Waals surface area (Å²) < 4.78 is 42.6. The highest BCUT2D eigenvalue weighted by Gasteiger charge is 2.33. The summed E-state index contributed by atoms with van der Waals surface area (Å²) in [5, 5.41) is 10.6. The maximum Gasteiger partial charge on any atom is 0.433 e. The van der Waals surface area contributed by atoms with E-state index in [1.165, 1.54) is 18.6 Å². The van der Waals surface area contributed by atoms with Crippen LogP contribution in [0.4, 0.5) is 13.2 Å². The molecule has 112 valence electrons. The fraction of sp³-hybridized carbons (Fsp3) is 0.250. The first kappa shape index (κ1) is 15.2. The van der Waals surface area contributed by atoms with E-state index in [0.29, 0.717) is 10.7 Å². The number of aromatic nitrogens is 2. The summed E-state index contributed by atoms with van der Waals surface area (Å²) >= 11 is 1.11. The van der Waals surface area contributed by atoms with E-state index < -0.39 is 17.8 Å². The van der Waals surface area contributed by atoms with Crippen LogP contribution in [0.15, 0.2) is 17.5 Å². The highest BCUT2D eigenvalue weighted by Crippen LogP contribution is 2.35. The molecule has 2 aromatic heterocycles. The number of hydrogen-bond donors (Lipinski definition) is 1. The minimum absolute atomic E-state index is 0.207. The van der Waals surface area contributed by atoms with E-state index in [4.69, 9.17) is 9.84 Å². The molecule has 0 fully saturated rings. The number of pyridine rings is 1. The van der Waals surface area contributed by atoms with Crippen LogP contribution in [-0.2, 0) is 17.4 Å². The standard InChI is InChI=1S/C12H9F3N2O3S/c1-20-10-7(2-3-8(17-10)12(13,14)15)11-16-6(5-21-11)4-9(18)19/h2-3,5H,4H2,1H3,(H,18,19). The summed E-state index contributed by atoms with van der Waals surface area (Å²) in [7, 11) is 1.21. The maximum absolute atomic E-state index is 12.6. The Morgan fingerprint density at radius 1 is 1.38 bits per heavy atom. The van der Waals surface area contributed by atoms with Crippen molar-refractivity contribution < 1.29 is 27.8 Å². The van der Waals surface area contributed by atoms with Crippen LogP contribution in [0.2, 0.25) is 0 Å². The van der Waals surface area contributed by atoms with Crippen molar-refractivity contribution >= 4 is 17.3 Å². The normalized spacial score (nSPS) is 11.4. The molecule has 2 aromatic rings. The van der Waals surface area contributed by atoms with Crippen LogP contribution < -0.4 is 4.74 Å². The lowest BCUT2D eigenvalue weighted by Gasteiger charge is -2.09. The van der Waals surface area contributed by atoms with Crippen molar-refractivity contribution in [3.8, 4) is 16.5 Å². The van der Waals surface area contributed by atoms with Gasteiger partial charge in [0.15, 0.2) is 0 Å². The Bertz CT molecular complexity index is 670. The van der Waals surface area contributed by atoms with Gasteiger partial charge in [0.1, 0.15) is 10.7 Å². The number of alkyl halides is 3. The van der Waals surface area contributed by atoms with Gasteiger partial charge in [-0.3, -0.25) is 4.79 Å². The zero-order chi connectivity index (χ0) is 15.6. The molecule has 2 rings (SSSR count). The van der Waals surface area contributed by atoms with Gasteiger partial charge in [0, 0.05) is 5.38 Å². The Kier molecular flexibility index (Phi) is 4.12. The monoisotopic (exact) mass is 318 g/mol. The van der Waals surface area contributed by atoms with Crippen LogP contribution in [0.25, 0.3) is 10.6 Å². The molecule has 0 unspecified atom stereocenters. The van der Waals surface area contributed by atoms with E-state index in [9.17, 15) is 18.0 Å². The lowest BCUT2D eigenvalue weighted by atomic mass is 10.2. The van der Waals surface area contributed by atoms with Crippen LogP contribution in [0.5, 0.6) is 5.88 Å². The number of thiazole rings is 1. The van der Waals surface area contributed by atoms with E-state index in [2.05, 4.69) is 9.97 Å². The van der Waals surface area contributed by atoms with Crippen LogP contribution in [0.1, 0.15) is 11.4 Å². The Hall–Kier alpha value is -2.16. The van der Waals surface area contributed by atoms with Gasteiger partial charge < -0.3 is 9.84 Å². The van der Waals surface area contributed by atoms with Crippen LogP contribution in [0.3, 0.4) is 0 Å². The number of aliphatic carboxylic acids is 1. The van der Waals surface area contributed by atoms with Crippen LogP contribution >= 0.6 is 11.3 Å². The van der Waals surface area contributed by atoms with E-state index in [1.54, 1.807) is 0 Å². The van der Waals surface area contributed by atoms with E-state index in [0.717, 1.165) is 17.4 Å². The van der Waals surface area contributed by atoms with Gasteiger partial charge in [-0.05, 0) is 12.1 Å². The number of carboxylic acids is 1. The third-order valence-electron chi connectivity index (χ3n) is 2.46. The molecule has 0 bridgehead atoms. The topological polar surface area (TPSA) is 72.3 Å². The highest BCUT2D eigenvalue weighted by molar-refractivity contribution is 7.13. The summed E-state index contributed by atoms with van der Waals surface area (Å²) in [6.07, 6.45) is -4.82. The van der Waals surface area contributed by atoms with Gasteiger partial charge in [0.2, 0.25) is 5.88 Å². The molecular formula is C12H9F3N2O3S. The molecule has 0 amide bonds. The Morgan fingerprint density at radius 3 is 2.67 bits per heavy atom. The van der Waals surface area contributed by atoms with Crippen molar-refractivity contribution in [3.05, 3.63) is 28.9 Å². The number of carboxylic acid groups (broad SMARTS) is 1. The first-order chi connectivity index (χ1) is 9.81. The average Bonchev–Trinajstić information content (AvgIpc) is 2.84. The first-order valence-electron chi connectivity index (χ1n) is 5.60. The van der Waals surface area contributed by atoms with Gasteiger partial charge in [0.25, 0.3) is 0 Å². The predicted octanol–water partition coefficient (Wildman–Crippen LogP) is 2.86. The molecule has 0 aromatic carbocycles. The Morgan fingerprint density at radius 2 is 2.10 bits per heavy atom. The summed E-state index contributed by atoms with van der Waals surface area (Å²) in [6.45, 7) is 0. The number of methoxy groups -OCH3 is 1. The number of halogens is 3. The van der Waals surface area contributed by atoms with Crippen molar-refractivity contribution in [2.45, 2.75) is 12.6 Å². The summed E-state index contributed by atoms with van der Waals surface area (Å²) in [5.41, 5.74) is -0.456. The molecule has 0 aliphatic heterocycles. The van der Waals surface area contributed by atoms with Crippen LogP contribution in [0, 0.1) is 0 Å². The molecule has 0 aliphatic rings. The predicted molar refractivity (Wildman–Crippen MR) is 68.2 cm³/mol. The fourth-order valence-corrected chi connectivity index (χ4v) is 2.42. The number of hydrogen-bond acceptors (Lipinski definition) is 5. The van der Waals surface area contributed by atoms with Crippen molar-refractivity contribution in [1.82, 2.24) is 9.97 Å². The SMILES string of the molecule is COc1nc(C(F)(F)F)ccc1-c1nc(CC(=O)O)cs1. The van der Waals surface area contributed by atoms with Crippen molar-refractivity contribution in [2.75, 3.05) is 7.11 Å². The zero-order valence-corrected chi connectivity index (χ0v) is 11.5. The molecule has 0 atom stereocenters. The lowest BCUT2D eigenvalue weighted by molar-refractivity contribution is -0.141. The second kappa shape index (κ2) is 5.68. The Labute approximate surface area is 121 Å².